The molecule has 34 heavy (non-hydrogen) atoms. The van der Waals surface area contributed by atoms with Crippen molar-refractivity contribution in [2.45, 2.75) is 13.3 Å². The number of rotatable bonds is 8. The number of anilines is 1. The summed E-state index contributed by atoms with van der Waals surface area (Å²) < 4.78 is 0. The summed E-state index contributed by atoms with van der Waals surface area (Å²) in [4.78, 5) is 30.2. The molecule has 1 aromatic heterocycles. The topological polar surface area (TPSA) is 94.2 Å². The minimum absolute atomic E-state index is 0.0416. The van der Waals surface area contributed by atoms with Crippen LogP contribution < -0.4 is 16.2 Å². The summed E-state index contributed by atoms with van der Waals surface area (Å²) in [6.45, 7) is 4.08. The molecule has 6 heteroatoms. The van der Waals surface area contributed by atoms with E-state index in [1.54, 1.807) is 0 Å². The first kappa shape index (κ1) is 22.1. The van der Waals surface area contributed by atoms with Crippen LogP contribution in [0.2, 0.25) is 0 Å². The Bertz CT molecular complexity index is 1440. The maximum Gasteiger partial charge on any atom is 0.256 e. The molecule has 5 rings (SSSR count). The number of pyridine rings is 1. The zero-order valence-corrected chi connectivity index (χ0v) is 19.1. The van der Waals surface area contributed by atoms with Crippen LogP contribution in [-0.2, 0) is 0 Å². The van der Waals surface area contributed by atoms with Gasteiger partial charge in [-0.15, -0.1) is 0 Å². The summed E-state index contributed by atoms with van der Waals surface area (Å²) in [5.41, 5.74) is 6.44. The molecule has 0 unspecified atom stereocenters. The van der Waals surface area contributed by atoms with E-state index in [0.29, 0.717) is 35.3 Å². The number of carbonyl (C=O) groups is 1. The Labute approximate surface area is 197 Å². The van der Waals surface area contributed by atoms with Crippen molar-refractivity contribution in [3.05, 3.63) is 87.7 Å². The van der Waals surface area contributed by atoms with Gasteiger partial charge in [-0.1, -0.05) is 54.6 Å². The van der Waals surface area contributed by atoms with E-state index < -0.39 is 0 Å². The van der Waals surface area contributed by atoms with E-state index in [9.17, 15) is 9.59 Å². The molecule has 6 nitrogen and oxygen atoms in total. The van der Waals surface area contributed by atoms with E-state index >= 15 is 0 Å². The molecule has 0 atom stereocenters. The third kappa shape index (κ3) is 3.71. The number of aromatic nitrogens is 1. The van der Waals surface area contributed by atoms with Crippen molar-refractivity contribution < 1.29 is 9.90 Å². The van der Waals surface area contributed by atoms with Crippen molar-refractivity contribution in [3.8, 4) is 22.3 Å². The summed E-state index contributed by atoms with van der Waals surface area (Å²) in [5, 5.41) is 16.3. The Morgan fingerprint density at radius 2 is 1.59 bits per heavy atom. The SMILES string of the molecule is Cc1cc(NCCCNCCO)c2c3c(c(-c4ccccc4)c(=O)[nH]c13)-c1ccccc1C2=O. The highest BCUT2D eigenvalue weighted by atomic mass is 16.3. The Balaban J connectivity index is 1.74. The largest absolute Gasteiger partial charge is 0.395 e. The van der Waals surface area contributed by atoms with Gasteiger partial charge in [0.2, 0.25) is 0 Å². The van der Waals surface area contributed by atoms with Crippen LogP contribution in [0.5, 0.6) is 0 Å². The standard InChI is InChI=1S/C28H27N3O3/c1-17-16-21(30-13-7-12-29-14-15-32)24-25-23(19-10-5-6-11-20(19)27(24)33)22(28(34)31-26(17)25)18-8-3-2-4-9-18/h2-6,8-11,16,29-30,32H,7,12-15H2,1H3,(H,31,34). The van der Waals surface area contributed by atoms with E-state index in [1.165, 1.54) is 0 Å². The third-order valence-electron chi connectivity index (χ3n) is 6.36. The van der Waals surface area contributed by atoms with Gasteiger partial charge in [0.05, 0.1) is 23.3 Å². The molecule has 0 spiro atoms. The Hall–Kier alpha value is -3.74. The lowest BCUT2D eigenvalue weighted by atomic mass is 9.79. The second-order valence-corrected chi connectivity index (χ2v) is 8.56. The van der Waals surface area contributed by atoms with Gasteiger partial charge in [-0.2, -0.15) is 0 Å². The molecule has 1 aliphatic carbocycles. The number of carbonyl (C=O) groups excluding carboxylic acids is 1. The van der Waals surface area contributed by atoms with Crippen LogP contribution >= 0.6 is 0 Å². The highest BCUT2D eigenvalue weighted by Crippen LogP contribution is 2.45. The number of hydrogen-bond acceptors (Lipinski definition) is 5. The number of aliphatic hydroxyl groups is 1. The molecule has 1 aliphatic rings. The summed E-state index contributed by atoms with van der Waals surface area (Å²) in [6.07, 6.45) is 0.842. The Morgan fingerprint density at radius 3 is 2.35 bits per heavy atom. The Morgan fingerprint density at radius 1 is 0.853 bits per heavy atom. The van der Waals surface area contributed by atoms with Crippen LogP contribution in [0.3, 0.4) is 0 Å². The van der Waals surface area contributed by atoms with Crippen LogP contribution in [-0.4, -0.2) is 42.1 Å². The molecule has 4 N–H and O–H groups in total. The number of fused-ring (bicyclic) bond motifs is 2. The van der Waals surface area contributed by atoms with Gasteiger partial charge in [0.1, 0.15) is 0 Å². The van der Waals surface area contributed by atoms with Crippen molar-refractivity contribution in [2.75, 3.05) is 31.6 Å². The van der Waals surface area contributed by atoms with Crippen molar-refractivity contribution >= 4 is 22.4 Å². The molecule has 0 bridgehead atoms. The van der Waals surface area contributed by atoms with Crippen molar-refractivity contribution in [1.82, 2.24) is 10.3 Å². The zero-order chi connectivity index (χ0) is 23.7. The van der Waals surface area contributed by atoms with Gasteiger partial charge >= 0.3 is 0 Å². The minimum Gasteiger partial charge on any atom is -0.395 e. The molecular weight excluding hydrogens is 426 g/mol. The molecular formula is C28H27N3O3. The fourth-order valence-electron chi connectivity index (χ4n) is 4.84. The number of hydrogen-bond donors (Lipinski definition) is 4. The van der Waals surface area contributed by atoms with Crippen LogP contribution in [0, 0.1) is 6.92 Å². The lowest BCUT2D eigenvalue weighted by Gasteiger charge is -2.25. The lowest BCUT2D eigenvalue weighted by Crippen LogP contribution is -2.22. The molecule has 1 heterocycles. The van der Waals surface area contributed by atoms with Gasteiger partial charge in [0.15, 0.2) is 5.78 Å². The first-order valence-corrected chi connectivity index (χ1v) is 11.6. The van der Waals surface area contributed by atoms with Gasteiger partial charge < -0.3 is 20.7 Å². The van der Waals surface area contributed by atoms with Crippen LogP contribution in [0.1, 0.15) is 27.9 Å². The number of nitrogens with one attached hydrogen (secondary N) is 3. The predicted octanol–water partition coefficient (Wildman–Crippen LogP) is 4.10. The molecule has 0 amide bonds. The Kier molecular flexibility index (Phi) is 6.01. The van der Waals surface area contributed by atoms with Gasteiger partial charge in [-0.05, 0) is 42.6 Å². The number of H-pyrrole nitrogens is 1. The van der Waals surface area contributed by atoms with E-state index in [0.717, 1.165) is 46.3 Å². The monoisotopic (exact) mass is 453 g/mol. The molecule has 3 aromatic carbocycles. The van der Waals surface area contributed by atoms with Crippen LogP contribution in [0.25, 0.3) is 33.2 Å². The van der Waals surface area contributed by atoms with Crippen molar-refractivity contribution in [1.29, 1.82) is 0 Å². The average Bonchev–Trinajstić information content (AvgIpc) is 2.86. The highest BCUT2D eigenvalue weighted by molar-refractivity contribution is 6.29. The first-order valence-electron chi connectivity index (χ1n) is 11.6. The molecule has 172 valence electrons. The third-order valence-corrected chi connectivity index (χ3v) is 6.36. The van der Waals surface area contributed by atoms with Crippen LogP contribution in [0.15, 0.2) is 65.5 Å². The number of ketones is 1. The van der Waals surface area contributed by atoms with Gasteiger partial charge in [0, 0.05) is 35.3 Å². The van der Waals surface area contributed by atoms with Gasteiger partial charge in [0.25, 0.3) is 5.56 Å². The van der Waals surface area contributed by atoms with E-state index in [4.69, 9.17) is 5.11 Å². The van der Waals surface area contributed by atoms with Crippen molar-refractivity contribution in [3.63, 3.8) is 0 Å². The molecule has 4 aromatic rings. The molecule has 0 aliphatic heterocycles. The number of aromatic amines is 1. The van der Waals surface area contributed by atoms with Crippen LogP contribution in [0.4, 0.5) is 5.69 Å². The fourth-order valence-corrected chi connectivity index (χ4v) is 4.84. The lowest BCUT2D eigenvalue weighted by molar-refractivity contribution is 0.104. The van der Waals surface area contributed by atoms with Crippen molar-refractivity contribution in [2.24, 2.45) is 0 Å². The first-order chi connectivity index (χ1) is 16.6. The van der Waals surface area contributed by atoms with Gasteiger partial charge in [-0.3, -0.25) is 9.59 Å². The summed E-state index contributed by atoms with van der Waals surface area (Å²) in [5.74, 6) is -0.0416. The quantitative estimate of drug-likeness (QED) is 0.266. The molecule has 0 radical (unpaired) electrons. The maximum absolute atomic E-state index is 13.8. The fraction of sp³-hybridized carbons (Fsp3) is 0.214. The minimum atomic E-state index is -0.164. The smallest absolute Gasteiger partial charge is 0.256 e. The number of benzene rings is 3. The second-order valence-electron chi connectivity index (χ2n) is 8.56. The normalized spacial score (nSPS) is 12.1. The number of aryl methyl sites for hydroxylation is 1. The average molecular weight is 454 g/mol. The molecule has 0 fully saturated rings. The second kappa shape index (κ2) is 9.25. The summed E-state index contributed by atoms with van der Waals surface area (Å²) in [7, 11) is 0. The van der Waals surface area contributed by atoms with E-state index in [2.05, 4.69) is 15.6 Å². The van der Waals surface area contributed by atoms with E-state index in [1.807, 2.05) is 67.6 Å². The molecule has 0 saturated carbocycles. The predicted molar refractivity (Wildman–Crippen MR) is 137 cm³/mol. The maximum atomic E-state index is 13.8. The zero-order valence-electron chi connectivity index (χ0n) is 19.1. The summed E-state index contributed by atoms with van der Waals surface area (Å²) >= 11 is 0. The summed E-state index contributed by atoms with van der Waals surface area (Å²) in [6, 6.07) is 19.1. The van der Waals surface area contributed by atoms with Gasteiger partial charge in [-0.25, -0.2) is 0 Å². The number of aliphatic hydroxyl groups excluding tert-OH is 1. The molecule has 0 saturated heterocycles. The highest BCUT2D eigenvalue weighted by Gasteiger charge is 2.31. The van der Waals surface area contributed by atoms with E-state index in [-0.39, 0.29) is 17.9 Å².